The smallest absolute Gasteiger partial charge is 0.317 e. The van der Waals surface area contributed by atoms with Crippen molar-refractivity contribution in [3.63, 3.8) is 0 Å². The Morgan fingerprint density at radius 2 is 1.96 bits per heavy atom. The highest BCUT2D eigenvalue weighted by Crippen LogP contribution is 2.14. The van der Waals surface area contributed by atoms with Gasteiger partial charge in [-0.2, -0.15) is 0 Å². The Labute approximate surface area is 148 Å². The first-order chi connectivity index (χ1) is 12.1. The standard InChI is InChI=1S/C18H27N3O4/c1-4-7-11-20-17(21-15-10-8-9-12-19-15)14(18(23)25-6-3)13-16(22)24-5-2/h8-10,12,14H,4-7,11,13H2,1-3H3,(H,19,20,21). The molecule has 0 aliphatic rings. The molecule has 0 radical (unpaired) electrons. The van der Waals surface area contributed by atoms with Crippen LogP contribution in [0.15, 0.2) is 29.4 Å². The molecule has 1 rings (SSSR count). The first-order valence-corrected chi connectivity index (χ1v) is 8.66. The number of nitrogens with zero attached hydrogens (tertiary/aromatic N) is 2. The summed E-state index contributed by atoms with van der Waals surface area (Å²) in [5, 5.41) is 3.06. The first-order valence-electron chi connectivity index (χ1n) is 8.66. The monoisotopic (exact) mass is 349 g/mol. The average molecular weight is 349 g/mol. The quantitative estimate of drug-likeness (QED) is 0.302. The summed E-state index contributed by atoms with van der Waals surface area (Å²) in [7, 11) is 0. The van der Waals surface area contributed by atoms with Crippen molar-refractivity contribution in [3.05, 3.63) is 24.4 Å². The van der Waals surface area contributed by atoms with Crippen molar-refractivity contribution < 1.29 is 19.1 Å². The van der Waals surface area contributed by atoms with Crippen LogP contribution in [0, 0.1) is 5.92 Å². The van der Waals surface area contributed by atoms with Crippen LogP contribution in [0.3, 0.4) is 0 Å². The lowest BCUT2D eigenvalue weighted by Crippen LogP contribution is -2.34. The van der Waals surface area contributed by atoms with Crippen LogP contribution in [0.2, 0.25) is 0 Å². The molecule has 0 bridgehead atoms. The van der Waals surface area contributed by atoms with Crippen LogP contribution >= 0.6 is 0 Å². The number of aromatic nitrogens is 1. The molecule has 0 saturated carbocycles. The summed E-state index contributed by atoms with van der Waals surface area (Å²) < 4.78 is 10.1. The van der Waals surface area contributed by atoms with Crippen molar-refractivity contribution in [1.82, 2.24) is 4.98 Å². The summed E-state index contributed by atoms with van der Waals surface area (Å²) >= 11 is 0. The number of carbonyl (C=O) groups excluding carboxylic acids is 2. The Balaban J connectivity index is 3.04. The molecule has 0 fully saturated rings. The summed E-state index contributed by atoms with van der Waals surface area (Å²) in [6, 6.07) is 5.38. The minimum atomic E-state index is -0.849. The highest BCUT2D eigenvalue weighted by molar-refractivity contribution is 6.09. The third-order valence-corrected chi connectivity index (χ3v) is 3.29. The van der Waals surface area contributed by atoms with Gasteiger partial charge in [0.25, 0.3) is 0 Å². The van der Waals surface area contributed by atoms with E-state index in [0.29, 0.717) is 18.2 Å². The number of pyridine rings is 1. The minimum Gasteiger partial charge on any atom is -0.466 e. The largest absolute Gasteiger partial charge is 0.466 e. The van der Waals surface area contributed by atoms with E-state index in [1.54, 1.807) is 32.2 Å². The molecule has 1 aromatic heterocycles. The van der Waals surface area contributed by atoms with Gasteiger partial charge in [-0.25, -0.2) is 4.98 Å². The summed E-state index contributed by atoms with van der Waals surface area (Å²) in [6.07, 6.45) is 3.36. The van der Waals surface area contributed by atoms with Crippen LogP contribution < -0.4 is 5.32 Å². The van der Waals surface area contributed by atoms with E-state index in [-0.39, 0.29) is 19.6 Å². The van der Waals surface area contributed by atoms with Crippen molar-refractivity contribution in [2.24, 2.45) is 10.9 Å². The Morgan fingerprint density at radius 1 is 1.20 bits per heavy atom. The van der Waals surface area contributed by atoms with Crippen LogP contribution in [-0.2, 0) is 19.1 Å². The number of anilines is 1. The fourth-order valence-electron chi connectivity index (χ4n) is 2.08. The Bertz CT molecular complexity index is 561. The van der Waals surface area contributed by atoms with E-state index >= 15 is 0 Å². The number of unbranched alkanes of at least 4 members (excludes halogenated alkanes) is 1. The normalized spacial score (nSPS) is 12.4. The number of amidine groups is 1. The van der Waals surface area contributed by atoms with Gasteiger partial charge in [0.1, 0.15) is 17.6 Å². The summed E-state index contributed by atoms with van der Waals surface area (Å²) in [5.74, 6) is -0.895. The predicted octanol–water partition coefficient (Wildman–Crippen LogP) is 2.82. The number of aliphatic imine (C=N–C) groups is 1. The van der Waals surface area contributed by atoms with Gasteiger partial charge in [0.05, 0.1) is 19.6 Å². The summed E-state index contributed by atoms with van der Waals surface area (Å²) in [4.78, 5) is 33.0. The van der Waals surface area contributed by atoms with Crippen molar-refractivity contribution in [1.29, 1.82) is 0 Å². The molecule has 7 nitrogen and oxygen atoms in total. The molecule has 7 heteroatoms. The van der Waals surface area contributed by atoms with Gasteiger partial charge in [-0.05, 0) is 32.4 Å². The van der Waals surface area contributed by atoms with Crippen molar-refractivity contribution in [2.75, 3.05) is 25.1 Å². The molecule has 138 valence electrons. The molecule has 0 saturated heterocycles. The maximum atomic E-state index is 12.4. The molecule has 1 unspecified atom stereocenters. The van der Waals surface area contributed by atoms with Crippen LogP contribution in [-0.4, -0.2) is 42.5 Å². The van der Waals surface area contributed by atoms with E-state index in [9.17, 15) is 9.59 Å². The van der Waals surface area contributed by atoms with Crippen LogP contribution in [0.1, 0.15) is 40.0 Å². The molecule has 0 spiro atoms. The highest BCUT2D eigenvalue weighted by Gasteiger charge is 2.29. The zero-order chi connectivity index (χ0) is 18.5. The molecule has 1 heterocycles. The molecule has 0 aliphatic heterocycles. The first kappa shape index (κ1) is 20.6. The van der Waals surface area contributed by atoms with E-state index in [4.69, 9.17) is 9.47 Å². The minimum absolute atomic E-state index is 0.128. The van der Waals surface area contributed by atoms with Gasteiger partial charge in [-0.15, -0.1) is 0 Å². The molecular formula is C18H27N3O4. The third-order valence-electron chi connectivity index (χ3n) is 3.29. The van der Waals surface area contributed by atoms with Crippen molar-refractivity contribution in [3.8, 4) is 0 Å². The molecular weight excluding hydrogens is 322 g/mol. The zero-order valence-electron chi connectivity index (χ0n) is 15.2. The molecule has 0 aromatic carbocycles. The van der Waals surface area contributed by atoms with Crippen LogP contribution in [0.4, 0.5) is 5.82 Å². The van der Waals surface area contributed by atoms with Gasteiger partial charge in [0, 0.05) is 12.7 Å². The molecule has 0 amide bonds. The van der Waals surface area contributed by atoms with Gasteiger partial charge in [-0.1, -0.05) is 19.4 Å². The number of hydrogen-bond acceptors (Lipinski definition) is 6. The number of esters is 2. The number of rotatable bonds is 10. The fourth-order valence-corrected chi connectivity index (χ4v) is 2.08. The summed E-state index contributed by atoms with van der Waals surface area (Å²) in [5.41, 5.74) is 0. The van der Waals surface area contributed by atoms with E-state index in [0.717, 1.165) is 12.8 Å². The third kappa shape index (κ3) is 7.78. The molecule has 0 aliphatic carbocycles. The number of carbonyl (C=O) groups is 2. The lowest BCUT2D eigenvalue weighted by atomic mass is 10.0. The zero-order valence-corrected chi connectivity index (χ0v) is 15.2. The van der Waals surface area contributed by atoms with E-state index in [1.165, 1.54) is 0 Å². The average Bonchev–Trinajstić information content (AvgIpc) is 2.60. The van der Waals surface area contributed by atoms with Gasteiger partial charge in [0.15, 0.2) is 0 Å². The summed E-state index contributed by atoms with van der Waals surface area (Å²) in [6.45, 7) is 6.53. The van der Waals surface area contributed by atoms with Crippen molar-refractivity contribution in [2.45, 2.75) is 40.0 Å². The van der Waals surface area contributed by atoms with Gasteiger partial charge < -0.3 is 14.8 Å². The molecule has 25 heavy (non-hydrogen) atoms. The SMILES string of the molecule is CCCCN=C(Nc1ccccn1)C(CC(=O)OCC)C(=O)OCC. The number of hydrogen-bond donors (Lipinski definition) is 1. The van der Waals surface area contributed by atoms with Crippen LogP contribution in [0.5, 0.6) is 0 Å². The molecule has 1 atom stereocenters. The highest BCUT2D eigenvalue weighted by atomic mass is 16.5. The Hall–Kier alpha value is -2.44. The Morgan fingerprint density at radius 3 is 2.56 bits per heavy atom. The fraction of sp³-hybridized carbons (Fsp3) is 0.556. The lowest BCUT2D eigenvalue weighted by molar-refractivity contribution is -0.152. The molecule has 1 N–H and O–H groups in total. The maximum Gasteiger partial charge on any atom is 0.317 e. The number of ether oxygens (including phenoxy) is 2. The Kier molecular flexibility index (Phi) is 9.89. The van der Waals surface area contributed by atoms with Gasteiger partial charge >= 0.3 is 11.9 Å². The van der Waals surface area contributed by atoms with Crippen molar-refractivity contribution >= 4 is 23.6 Å². The van der Waals surface area contributed by atoms with Gasteiger partial charge in [-0.3, -0.25) is 14.6 Å². The van der Waals surface area contributed by atoms with Gasteiger partial charge in [0.2, 0.25) is 0 Å². The van der Waals surface area contributed by atoms with E-state index in [1.807, 2.05) is 6.07 Å². The second-order valence-electron chi connectivity index (χ2n) is 5.27. The maximum absolute atomic E-state index is 12.4. The van der Waals surface area contributed by atoms with E-state index < -0.39 is 17.9 Å². The lowest BCUT2D eigenvalue weighted by Gasteiger charge is -2.18. The predicted molar refractivity (Wildman–Crippen MR) is 96.4 cm³/mol. The van der Waals surface area contributed by atoms with E-state index in [2.05, 4.69) is 22.2 Å². The number of nitrogens with one attached hydrogen (secondary N) is 1. The second-order valence-corrected chi connectivity index (χ2v) is 5.27. The second kappa shape index (κ2) is 12.0. The molecule has 1 aromatic rings. The van der Waals surface area contributed by atoms with Crippen LogP contribution in [0.25, 0.3) is 0 Å². The topological polar surface area (TPSA) is 89.9 Å².